The molecule has 0 aliphatic heterocycles. The molecule has 0 saturated heterocycles. The van der Waals surface area contributed by atoms with E-state index in [1.54, 1.807) is 12.1 Å². The molecule has 0 atom stereocenters. The molecule has 72 valence electrons. The summed E-state index contributed by atoms with van der Waals surface area (Å²) in [5.41, 5.74) is 3.07. The number of rotatable bonds is 1. The minimum Gasteiger partial charge on any atom is -0.361 e. The lowest BCUT2D eigenvalue weighted by Gasteiger charge is -1.97. The first-order valence-electron chi connectivity index (χ1n) is 4.32. The van der Waals surface area contributed by atoms with E-state index in [-0.39, 0.29) is 10.6 Å². The van der Waals surface area contributed by atoms with E-state index in [0.717, 1.165) is 22.0 Å². The summed E-state index contributed by atoms with van der Waals surface area (Å²) < 4.78 is 0. The SMILES string of the molecule is Cc1c[nH]c2c(C)cc([N+](=O)[O-])cc12. The second kappa shape index (κ2) is 2.83. The van der Waals surface area contributed by atoms with Crippen LogP contribution >= 0.6 is 0 Å². The third-order valence-electron chi connectivity index (χ3n) is 2.39. The van der Waals surface area contributed by atoms with Crippen molar-refractivity contribution < 1.29 is 4.92 Å². The molecule has 14 heavy (non-hydrogen) atoms. The van der Waals surface area contributed by atoms with Crippen molar-refractivity contribution in [2.24, 2.45) is 0 Å². The van der Waals surface area contributed by atoms with E-state index in [1.165, 1.54) is 0 Å². The summed E-state index contributed by atoms with van der Waals surface area (Å²) in [5, 5.41) is 11.6. The first kappa shape index (κ1) is 8.74. The van der Waals surface area contributed by atoms with Crippen molar-refractivity contribution in [3.63, 3.8) is 0 Å². The summed E-state index contributed by atoms with van der Waals surface area (Å²) in [4.78, 5) is 13.4. The Hall–Kier alpha value is -1.84. The predicted molar refractivity (Wildman–Crippen MR) is 54.4 cm³/mol. The quantitative estimate of drug-likeness (QED) is 0.555. The standard InChI is InChI=1S/C10H10N2O2/c1-6-3-8(12(13)14)4-9-7(2)5-11-10(6)9/h3-5,11H,1-2H3. The van der Waals surface area contributed by atoms with E-state index in [2.05, 4.69) is 4.98 Å². The zero-order valence-corrected chi connectivity index (χ0v) is 8.00. The van der Waals surface area contributed by atoms with Gasteiger partial charge in [-0.15, -0.1) is 0 Å². The highest BCUT2D eigenvalue weighted by Crippen LogP contribution is 2.26. The Labute approximate surface area is 80.7 Å². The van der Waals surface area contributed by atoms with Crippen LogP contribution in [0.25, 0.3) is 10.9 Å². The number of nitrogens with one attached hydrogen (secondary N) is 1. The molecule has 0 spiro atoms. The van der Waals surface area contributed by atoms with Crippen LogP contribution in [0.3, 0.4) is 0 Å². The maximum atomic E-state index is 10.6. The summed E-state index contributed by atoms with van der Waals surface area (Å²) in [7, 11) is 0. The summed E-state index contributed by atoms with van der Waals surface area (Å²) in [5.74, 6) is 0. The molecule has 2 aromatic rings. The molecule has 0 saturated carbocycles. The summed E-state index contributed by atoms with van der Waals surface area (Å²) >= 11 is 0. The lowest BCUT2D eigenvalue weighted by Crippen LogP contribution is -1.89. The molecule has 1 aromatic heterocycles. The van der Waals surface area contributed by atoms with Gasteiger partial charge in [-0.2, -0.15) is 0 Å². The van der Waals surface area contributed by atoms with Gasteiger partial charge in [-0.3, -0.25) is 10.1 Å². The maximum absolute atomic E-state index is 10.6. The fourth-order valence-electron chi connectivity index (χ4n) is 1.63. The summed E-state index contributed by atoms with van der Waals surface area (Å²) in [6, 6.07) is 3.19. The third-order valence-corrected chi connectivity index (χ3v) is 2.39. The van der Waals surface area contributed by atoms with Crippen LogP contribution in [0.1, 0.15) is 11.1 Å². The van der Waals surface area contributed by atoms with Crippen LogP contribution in [0.15, 0.2) is 18.3 Å². The first-order chi connectivity index (χ1) is 6.59. The Morgan fingerprint density at radius 1 is 1.29 bits per heavy atom. The smallest absolute Gasteiger partial charge is 0.270 e. The molecule has 4 heteroatoms. The average Bonchev–Trinajstić information content (AvgIpc) is 2.48. The van der Waals surface area contributed by atoms with Gasteiger partial charge in [-0.1, -0.05) is 0 Å². The highest BCUT2D eigenvalue weighted by molar-refractivity contribution is 5.87. The first-order valence-corrected chi connectivity index (χ1v) is 4.32. The van der Waals surface area contributed by atoms with Gasteiger partial charge in [0, 0.05) is 29.2 Å². The van der Waals surface area contributed by atoms with E-state index < -0.39 is 0 Å². The van der Waals surface area contributed by atoms with Crippen LogP contribution < -0.4 is 0 Å². The van der Waals surface area contributed by atoms with Gasteiger partial charge < -0.3 is 4.98 Å². The number of hydrogen-bond acceptors (Lipinski definition) is 2. The molecule has 1 N–H and O–H groups in total. The highest BCUT2D eigenvalue weighted by atomic mass is 16.6. The van der Waals surface area contributed by atoms with Gasteiger partial charge in [0.15, 0.2) is 0 Å². The van der Waals surface area contributed by atoms with Gasteiger partial charge in [0.2, 0.25) is 0 Å². The molecule has 0 unspecified atom stereocenters. The number of aryl methyl sites for hydroxylation is 2. The van der Waals surface area contributed by atoms with E-state index in [0.29, 0.717) is 0 Å². The monoisotopic (exact) mass is 190 g/mol. The number of fused-ring (bicyclic) bond motifs is 1. The van der Waals surface area contributed by atoms with Crippen molar-refractivity contribution in [3.05, 3.63) is 39.6 Å². The molecule has 4 nitrogen and oxygen atoms in total. The zero-order chi connectivity index (χ0) is 10.3. The molecule has 0 radical (unpaired) electrons. The Morgan fingerprint density at radius 3 is 2.64 bits per heavy atom. The van der Waals surface area contributed by atoms with Gasteiger partial charge in [-0.25, -0.2) is 0 Å². The largest absolute Gasteiger partial charge is 0.361 e. The number of hydrogen-bond donors (Lipinski definition) is 1. The summed E-state index contributed by atoms with van der Waals surface area (Å²) in [6.45, 7) is 3.80. The molecule has 2 rings (SSSR count). The maximum Gasteiger partial charge on any atom is 0.270 e. The predicted octanol–water partition coefficient (Wildman–Crippen LogP) is 2.69. The Balaban J connectivity index is 2.82. The van der Waals surface area contributed by atoms with Gasteiger partial charge in [-0.05, 0) is 25.0 Å². The van der Waals surface area contributed by atoms with Crippen molar-refractivity contribution in [2.45, 2.75) is 13.8 Å². The van der Waals surface area contributed by atoms with Gasteiger partial charge in [0.25, 0.3) is 5.69 Å². The van der Waals surface area contributed by atoms with Crippen molar-refractivity contribution in [3.8, 4) is 0 Å². The van der Waals surface area contributed by atoms with Gasteiger partial charge >= 0.3 is 0 Å². The lowest BCUT2D eigenvalue weighted by atomic mass is 10.1. The van der Waals surface area contributed by atoms with Crippen LogP contribution in [0.4, 0.5) is 5.69 Å². The lowest BCUT2D eigenvalue weighted by molar-refractivity contribution is -0.384. The van der Waals surface area contributed by atoms with Crippen LogP contribution in [-0.4, -0.2) is 9.91 Å². The van der Waals surface area contributed by atoms with E-state index in [4.69, 9.17) is 0 Å². The zero-order valence-electron chi connectivity index (χ0n) is 8.00. The molecule has 1 aromatic carbocycles. The molecule has 0 amide bonds. The number of benzene rings is 1. The van der Waals surface area contributed by atoms with Gasteiger partial charge in [0.1, 0.15) is 0 Å². The number of nitrogens with zero attached hydrogens (tertiary/aromatic N) is 1. The van der Waals surface area contributed by atoms with Gasteiger partial charge in [0.05, 0.1) is 4.92 Å². The molecular weight excluding hydrogens is 180 g/mol. The molecular formula is C10H10N2O2. The fraction of sp³-hybridized carbons (Fsp3) is 0.200. The molecule has 1 heterocycles. The van der Waals surface area contributed by atoms with Crippen molar-refractivity contribution in [1.29, 1.82) is 0 Å². The Morgan fingerprint density at radius 2 is 2.00 bits per heavy atom. The molecule has 0 aliphatic carbocycles. The Bertz CT molecular complexity index is 514. The Kier molecular flexibility index (Phi) is 1.77. The molecule has 0 aliphatic rings. The third kappa shape index (κ3) is 1.16. The van der Waals surface area contributed by atoms with Crippen molar-refractivity contribution in [1.82, 2.24) is 4.98 Å². The van der Waals surface area contributed by atoms with E-state index in [9.17, 15) is 10.1 Å². The highest BCUT2D eigenvalue weighted by Gasteiger charge is 2.11. The van der Waals surface area contributed by atoms with Crippen molar-refractivity contribution in [2.75, 3.05) is 0 Å². The number of aromatic amines is 1. The van der Waals surface area contributed by atoms with Crippen LogP contribution in [-0.2, 0) is 0 Å². The number of non-ortho nitro benzene ring substituents is 1. The molecule has 0 fully saturated rings. The topological polar surface area (TPSA) is 58.9 Å². The number of nitro benzene ring substituents is 1. The number of nitro groups is 1. The molecule has 0 bridgehead atoms. The number of H-pyrrole nitrogens is 1. The van der Waals surface area contributed by atoms with Crippen molar-refractivity contribution >= 4 is 16.6 Å². The second-order valence-electron chi connectivity index (χ2n) is 3.41. The van der Waals surface area contributed by atoms with Crippen LogP contribution in [0.5, 0.6) is 0 Å². The summed E-state index contributed by atoms with van der Waals surface area (Å²) in [6.07, 6.45) is 1.86. The van der Waals surface area contributed by atoms with E-state index in [1.807, 2.05) is 20.0 Å². The minimum atomic E-state index is -0.362. The van der Waals surface area contributed by atoms with Crippen LogP contribution in [0.2, 0.25) is 0 Å². The van der Waals surface area contributed by atoms with E-state index >= 15 is 0 Å². The second-order valence-corrected chi connectivity index (χ2v) is 3.41. The van der Waals surface area contributed by atoms with Crippen LogP contribution in [0, 0.1) is 24.0 Å². The fourth-order valence-corrected chi connectivity index (χ4v) is 1.63. The number of aromatic nitrogens is 1. The average molecular weight is 190 g/mol. The minimum absolute atomic E-state index is 0.151. The normalized spacial score (nSPS) is 10.7.